The summed E-state index contributed by atoms with van der Waals surface area (Å²) in [6.45, 7) is 2.43. The summed E-state index contributed by atoms with van der Waals surface area (Å²) < 4.78 is 5.31. The SMILES string of the molecule is COc1ccc2c3c([nH]c2c1)CCN(C1CC1)CC3. The van der Waals surface area contributed by atoms with Gasteiger partial charge in [-0.2, -0.15) is 0 Å². The highest BCUT2D eigenvalue weighted by Gasteiger charge is 2.30. The smallest absolute Gasteiger partial charge is 0.120 e. The fourth-order valence-electron chi connectivity index (χ4n) is 3.34. The topological polar surface area (TPSA) is 28.3 Å². The van der Waals surface area contributed by atoms with Crippen LogP contribution >= 0.6 is 0 Å². The molecule has 1 aromatic carbocycles. The minimum absolute atomic E-state index is 0.885. The van der Waals surface area contributed by atoms with Crippen LogP contribution in [-0.4, -0.2) is 36.1 Å². The van der Waals surface area contributed by atoms with Crippen LogP contribution < -0.4 is 4.74 Å². The molecule has 0 atom stereocenters. The summed E-state index contributed by atoms with van der Waals surface area (Å²) in [6, 6.07) is 7.27. The van der Waals surface area contributed by atoms with Gasteiger partial charge in [-0.15, -0.1) is 0 Å². The maximum absolute atomic E-state index is 5.31. The van der Waals surface area contributed by atoms with Crippen molar-refractivity contribution in [2.75, 3.05) is 20.2 Å². The number of ether oxygens (including phenoxy) is 1. The second-order valence-electron chi connectivity index (χ2n) is 5.76. The molecule has 1 aromatic heterocycles. The van der Waals surface area contributed by atoms with Crippen LogP contribution in [0.5, 0.6) is 5.75 Å². The van der Waals surface area contributed by atoms with Crippen LogP contribution in [0.1, 0.15) is 24.1 Å². The standard InChI is InChI=1S/C16H20N2O/c1-19-12-4-5-13-14-6-8-18(11-2-3-11)9-7-15(14)17-16(13)10-12/h4-5,10-11,17H,2-3,6-9H2,1H3. The first-order chi connectivity index (χ1) is 9.35. The zero-order chi connectivity index (χ0) is 12.8. The maximum Gasteiger partial charge on any atom is 0.120 e. The van der Waals surface area contributed by atoms with Gasteiger partial charge < -0.3 is 9.72 Å². The van der Waals surface area contributed by atoms with E-state index in [4.69, 9.17) is 4.74 Å². The van der Waals surface area contributed by atoms with Crippen molar-refractivity contribution in [3.05, 3.63) is 29.5 Å². The minimum Gasteiger partial charge on any atom is -0.497 e. The van der Waals surface area contributed by atoms with Crippen molar-refractivity contribution in [3.8, 4) is 5.75 Å². The van der Waals surface area contributed by atoms with Gasteiger partial charge in [0.25, 0.3) is 0 Å². The number of H-pyrrole nitrogens is 1. The summed E-state index contributed by atoms with van der Waals surface area (Å²) >= 11 is 0. The Labute approximate surface area is 113 Å². The first-order valence-corrected chi connectivity index (χ1v) is 7.26. The Hall–Kier alpha value is -1.48. The van der Waals surface area contributed by atoms with Crippen molar-refractivity contribution >= 4 is 10.9 Å². The van der Waals surface area contributed by atoms with E-state index in [1.54, 1.807) is 7.11 Å². The second-order valence-corrected chi connectivity index (χ2v) is 5.76. The fourth-order valence-corrected chi connectivity index (χ4v) is 3.34. The molecule has 3 heteroatoms. The predicted octanol–water partition coefficient (Wildman–Crippen LogP) is 2.74. The lowest BCUT2D eigenvalue weighted by Gasteiger charge is -2.18. The molecule has 1 N–H and O–H groups in total. The fraction of sp³-hybridized carbons (Fsp3) is 0.500. The highest BCUT2D eigenvalue weighted by Crippen LogP contribution is 2.32. The molecule has 0 bridgehead atoms. The van der Waals surface area contributed by atoms with Gasteiger partial charge in [0.05, 0.1) is 7.11 Å². The van der Waals surface area contributed by atoms with E-state index in [1.165, 1.54) is 54.5 Å². The van der Waals surface area contributed by atoms with E-state index in [2.05, 4.69) is 28.1 Å². The molecule has 2 aliphatic rings. The van der Waals surface area contributed by atoms with Crippen LogP contribution in [0.15, 0.2) is 18.2 Å². The van der Waals surface area contributed by atoms with Gasteiger partial charge in [0.15, 0.2) is 0 Å². The molecule has 0 amide bonds. The van der Waals surface area contributed by atoms with Crippen molar-refractivity contribution in [3.63, 3.8) is 0 Å². The van der Waals surface area contributed by atoms with Crippen LogP contribution in [0.3, 0.4) is 0 Å². The van der Waals surface area contributed by atoms with Crippen molar-refractivity contribution in [1.29, 1.82) is 0 Å². The molecular weight excluding hydrogens is 236 g/mol. The number of methoxy groups -OCH3 is 1. The third-order valence-corrected chi connectivity index (χ3v) is 4.56. The van der Waals surface area contributed by atoms with E-state index in [1.807, 2.05) is 0 Å². The zero-order valence-electron chi connectivity index (χ0n) is 11.4. The highest BCUT2D eigenvalue weighted by atomic mass is 16.5. The summed E-state index contributed by atoms with van der Waals surface area (Å²) in [5, 5.41) is 1.38. The van der Waals surface area contributed by atoms with Gasteiger partial charge in [-0.3, -0.25) is 4.90 Å². The first kappa shape index (κ1) is 11.4. The lowest BCUT2D eigenvalue weighted by atomic mass is 10.1. The quantitative estimate of drug-likeness (QED) is 0.895. The van der Waals surface area contributed by atoms with Crippen molar-refractivity contribution < 1.29 is 4.74 Å². The molecule has 100 valence electrons. The first-order valence-electron chi connectivity index (χ1n) is 7.26. The molecule has 1 fully saturated rings. The van der Waals surface area contributed by atoms with Crippen molar-refractivity contribution in [1.82, 2.24) is 9.88 Å². The molecule has 0 spiro atoms. The van der Waals surface area contributed by atoms with Gasteiger partial charge in [0.2, 0.25) is 0 Å². The Morgan fingerprint density at radius 1 is 1.21 bits per heavy atom. The summed E-state index contributed by atoms with van der Waals surface area (Å²) in [7, 11) is 1.72. The third-order valence-electron chi connectivity index (χ3n) is 4.56. The van der Waals surface area contributed by atoms with Crippen molar-refractivity contribution in [2.24, 2.45) is 0 Å². The number of hydrogen-bond donors (Lipinski definition) is 1. The molecule has 0 radical (unpaired) electrons. The number of nitrogens with zero attached hydrogens (tertiary/aromatic N) is 1. The van der Waals surface area contributed by atoms with Crippen molar-refractivity contribution in [2.45, 2.75) is 31.7 Å². The molecule has 4 rings (SSSR count). The lowest BCUT2D eigenvalue weighted by molar-refractivity contribution is 0.277. The van der Waals surface area contributed by atoms with E-state index < -0.39 is 0 Å². The van der Waals surface area contributed by atoms with Crippen LogP contribution in [0.2, 0.25) is 0 Å². The molecule has 3 nitrogen and oxygen atoms in total. The van der Waals surface area contributed by atoms with Gasteiger partial charge >= 0.3 is 0 Å². The van der Waals surface area contributed by atoms with E-state index >= 15 is 0 Å². The molecule has 2 heterocycles. The average molecular weight is 256 g/mol. The number of fused-ring (bicyclic) bond motifs is 3. The molecule has 0 unspecified atom stereocenters. The minimum atomic E-state index is 0.885. The molecular formula is C16H20N2O. The van der Waals surface area contributed by atoms with Gasteiger partial charge in [-0.25, -0.2) is 0 Å². The van der Waals surface area contributed by atoms with Gasteiger partial charge in [-0.1, -0.05) is 0 Å². The summed E-state index contributed by atoms with van der Waals surface area (Å²) in [5.41, 5.74) is 4.19. The second kappa shape index (κ2) is 4.27. The summed E-state index contributed by atoms with van der Waals surface area (Å²) in [4.78, 5) is 6.27. The summed E-state index contributed by atoms with van der Waals surface area (Å²) in [6.07, 6.45) is 5.15. The maximum atomic E-state index is 5.31. The van der Waals surface area contributed by atoms with Crippen LogP contribution in [-0.2, 0) is 12.8 Å². The zero-order valence-corrected chi connectivity index (χ0v) is 11.4. The molecule has 1 saturated carbocycles. The van der Waals surface area contributed by atoms with Gasteiger partial charge in [0.1, 0.15) is 5.75 Å². The average Bonchev–Trinajstić information content (AvgIpc) is 3.23. The number of benzene rings is 1. The Morgan fingerprint density at radius 3 is 2.84 bits per heavy atom. The predicted molar refractivity (Wildman–Crippen MR) is 76.9 cm³/mol. The largest absolute Gasteiger partial charge is 0.497 e. The monoisotopic (exact) mass is 256 g/mol. The van der Waals surface area contributed by atoms with Gasteiger partial charge in [-0.05, 0) is 37.0 Å². The molecule has 0 saturated heterocycles. The Morgan fingerprint density at radius 2 is 2.05 bits per heavy atom. The highest BCUT2D eigenvalue weighted by molar-refractivity contribution is 5.86. The molecule has 19 heavy (non-hydrogen) atoms. The normalized spacial score (nSPS) is 20.3. The number of hydrogen-bond acceptors (Lipinski definition) is 2. The Kier molecular flexibility index (Phi) is 2.55. The van der Waals surface area contributed by atoms with E-state index in [0.29, 0.717) is 0 Å². The number of aromatic nitrogens is 1. The van der Waals surface area contributed by atoms with Crippen LogP contribution in [0.4, 0.5) is 0 Å². The van der Waals surface area contributed by atoms with Gasteiger partial charge in [0, 0.05) is 48.2 Å². The Bertz CT molecular complexity index is 612. The van der Waals surface area contributed by atoms with E-state index in [9.17, 15) is 0 Å². The van der Waals surface area contributed by atoms with Crippen LogP contribution in [0, 0.1) is 0 Å². The third kappa shape index (κ3) is 1.93. The summed E-state index contributed by atoms with van der Waals surface area (Å²) in [5.74, 6) is 0.934. The Balaban J connectivity index is 1.70. The molecule has 2 aromatic rings. The number of aromatic amines is 1. The molecule has 1 aliphatic heterocycles. The molecule has 1 aliphatic carbocycles. The van der Waals surface area contributed by atoms with Crippen LogP contribution in [0.25, 0.3) is 10.9 Å². The number of rotatable bonds is 2. The van der Waals surface area contributed by atoms with E-state index in [0.717, 1.165) is 18.2 Å². The van der Waals surface area contributed by atoms with E-state index in [-0.39, 0.29) is 0 Å². The lowest BCUT2D eigenvalue weighted by Crippen LogP contribution is -2.28. The number of nitrogens with one attached hydrogen (secondary N) is 1.